The van der Waals surface area contributed by atoms with E-state index in [4.69, 9.17) is 16.3 Å². The lowest BCUT2D eigenvalue weighted by Crippen LogP contribution is -2.51. The smallest absolute Gasteiger partial charge is 0.325 e. The van der Waals surface area contributed by atoms with Crippen molar-refractivity contribution in [1.29, 1.82) is 0 Å². The Balaban J connectivity index is 1.43. The average molecular weight is 450 g/mol. The van der Waals surface area contributed by atoms with Crippen LogP contribution in [0.3, 0.4) is 0 Å². The third-order valence-electron chi connectivity index (χ3n) is 5.14. The van der Waals surface area contributed by atoms with Crippen LogP contribution < -0.4 is 10.1 Å². The second-order valence-electron chi connectivity index (χ2n) is 6.84. The standard InChI is InChI=1S/C20H18BrClN2O3/c21-16-11-15(22)5-6-17(16)27-10-9-24-18(25)20(23-19(24)26)8-7-13-3-1-2-4-14(13)12-20/h1-6,11H,7-10,12H2,(H,23,26). The van der Waals surface area contributed by atoms with E-state index in [0.717, 1.165) is 16.5 Å². The summed E-state index contributed by atoms with van der Waals surface area (Å²) in [4.78, 5) is 26.7. The van der Waals surface area contributed by atoms with Crippen molar-refractivity contribution in [2.75, 3.05) is 13.2 Å². The molecule has 140 valence electrons. The molecule has 4 rings (SSSR count). The monoisotopic (exact) mass is 448 g/mol. The molecule has 27 heavy (non-hydrogen) atoms. The Morgan fingerprint density at radius 1 is 1.19 bits per heavy atom. The molecule has 1 spiro atoms. The minimum absolute atomic E-state index is 0.166. The van der Waals surface area contributed by atoms with Gasteiger partial charge in [-0.05, 0) is 58.1 Å². The number of aryl methyl sites for hydroxylation is 1. The zero-order valence-electron chi connectivity index (χ0n) is 14.5. The molecule has 3 amide bonds. The topological polar surface area (TPSA) is 58.6 Å². The van der Waals surface area contributed by atoms with Gasteiger partial charge in [-0.15, -0.1) is 0 Å². The zero-order chi connectivity index (χ0) is 19.0. The molecule has 1 saturated heterocycles. The molecule has 2 aromatic carbocycles. The Kier molecular flexibility index (Phi) is 4.86. The summed E-state index contributed by atoms with van der Waals surface area (Å²) in [6, 6.07) is 12.9. The summed E-state index contributed by atoms with van der Waals surface area (Å²) in [7, 11) is 0. The molecular formula is C20H18BrClN2O3. The first-order valence-corrected chi connectivity index (χ1v) is 9.94. The first-order valence-electron chi connectivity index (χ1n) is 8.77. The summed E-state index contributed by atoms with van der Waals surface area (Å²) in [6.07, 6.45) is 1.94. The largest absolute Gasteiger partial charge is 0.491 e. The van der Waals surface area contributed by atoms with Gasteiger partial charge in [0.05, 0.1) is 11.0 Å². The highest BCUT2D eigenvalue weighted by atomic mass is 79.9. The average Bonchev–Trinajstić information content (AvgIpc) is 2.87. The molecule has 0 radical (unpaired) electrons. The Bertz CT molecular complexity index is 920. The van der Waals surface area contributed by atoms with Crippen LogP contribution in [0.15, 0.2) is 46.9 Å². The maximum absolute atomic E-state index is 13.0. The molecule has 1 aliphatic carbocycles. The summed E-state index contributed by atoms with van der Waals surface area (Å²) in [5, 5.41) is 3.53. The molecule has 1 unspecified atom stereocenters. The number of imide groups is 1. The van der Waals surface area contributed by atoms with Crippen molar-refractivity contribution < 1.29 is 14.3 Å². The number of fused-ring (bicyclic) bond motifs is 1. The maximum Gasteiger partial charge on any atom is 0.325 e. The predicted molar refractivity (Wildman–Crippen MR) is 106 cm³/mol. The SMILES string of the molecule is O=C1NC2(CCc3ccccc3C2)C(=O)N1CCOc1ccc(Cl)cc1Br. The molecule has 1 heterocycles. The third kappa shape index (κ3) is 3.44. The number of hydrogen-bond donors (Lipinski definition) is 1. The van der Waals surface area contributed by atoms with Gasteiger partial charge in [-0.3, -0.25) is 9.69 Å². The van der Waals surface area contributed by atoms with Gasteiger partial charge in [-0.25, -0.2) is 4.79 Å². The summed E-state index contributed by atoms with van der Waals surface area (Å²) < 4.78 is 6.43. The first-order chi connectivity index (χ1) is 13.0. The second kappa shape index (κ2) is 7.17. The fourth-order valence-corrected chi connectivity index (χ4v) is 4.54. The number of carbonyl (C=O) groups excluding carboxylic acids is 2. The van der Waals surface area contributed by atoms with Gasteiger partial charge in [0.2, 0.25) is 0 Å². The minimum atomic E-state index is -0.827. The van der Waals surface area contributed by atoms with E-state index < -0.39 is 5.54 Å². The summed E-state index contributed by atoms with van der Waals surface area (Å²) >= 11 is 9.31. The number of benzene rings is 2. The Morgan fingerprint density at radius 2 is 1.96 bits per heavy atom. The molecule has 1 N–H and O–H groups in total. The molecule has 5 nitrogen and oxygen atoms in total. The third-order valence-corrected chi connectivity index (χ3v) is 6.00. The fraction of sp³-hybridized carbons (Fsp3) is 0.300. The molecular weight excluding hydrogens is 432 g/mol. The summed E-state index contributed by atoms with van der Waals surface area (Å²) in [5.41, 5.74) is 1.55. The van der Waals surface area contributed by atoms with Crippen LogP contribution >= 0.6 is 27.5 Å². The fourth-order valence-electron chi connectivity index (χ4n) is 3.74. The molecule has 0 aromatic heterocycles. The van der Waals surface area contributed by atoms with Gasteiger partial charge in [0, 0.05) is 11.4 Å². The lowest BCUT2D eigenvalue weighted by atomic mass is 9.78. The number of rotatable bonds is 4. The number of amides is 3. The van der Waals surface area contributed by atoms with Crippen LogP contribution in [0.5, 0.6) is 5.75 Å². The van der Waals surface area contributed by atoms with Gasteiger partial charge in [0.15, 0.2) is 0 Å². The summed E-state index contributed by atoms with van der Waals surface area (Å²) in [6.45, 7) is 0.412. The van der Waals surface area contributed by atoms with E-state index >= 15 is 0 Å². The minimum Gasteiger partial charge on any atom is -0.491 e. The van der Waals surface area contributed by atoms with Crippen molar-refractivity contribution >= 4 is 39.5 Å². The number of nitrogens with one attached hydrogen (secondary N) is 1. The normalized spacial score (nSPS) is 21.3. The Hall–Kier alpha value is -2.05. The maximum atomic E-state index is 13.0. The van der Waals surface area contributed by atoms with E-state index in [1.807, 2.05) is 18.2 Å². The summed E-state index contributed by atoms with van der Waals surface area (Å²) in [5.74, 6) is 0.452. The van der Waals surface area contributed by atoms with Crippen molar-refractivity contribution in [3.05, 3.63) is 63.1 Å². The molecule has 2 aliphatic rings. The van der Waals surface area contributed by atoms with E-state index in [0.29, 0.717) is 23.6 Å². The highest BCUT2D eigenvalue weighted by Crippen LogP contribution is 2.33. The van der Waals surface area contributed by atoms with Crippen molar-refractivity contribution in [3.8, 4) is 5.75 Å². The van der Waals surface area contributed by atoms with Crippen LogP contribution in [-0.2, 0) is 17.6 Å². The molecule has 2 aromatic rings. The Morgan fingerprint density at radius 3 is 2.74 bits per heavy atom. The highest BCUT2D eigenvalue weighted by Gasteiger charge is 2.52. The van der Waals surface area contributed by atoms with Gasteiger partial charge in [-0.2, -0.15) is 0 Å². The van der Waals surface area contributed by atoms with Crippen molar-refractivity contribution in [1.82, 2.24) is 10.2 Å². The number of ether oxygens (including phenoxy) is 1. The molecule has 1 fully saturated rings. The molecule has 0 bridgehead atoms. The number of carbonyl (C=O) groups is 2. The highest BCUT2D eigenvalue weighted by molar-refractivity contribution is 9.10. The Labute approximate surface area is 170 Å². The second-order valence-corrected chi connectivity index (χ2v) is 8.13. The van der Waals surface area contributed by atoms with E-state index in [2.05, 4.69) is 27.3 Å². The quantitative estimate of drug-likeness (QED) is 0.719. The van der Waals surface area contributed by atoms with E-state index in [-0.39, 0.29) is 25.1 Å². The van der Waals surface area contributed by atoms with Crippen LogP contribution in [-0.4, -0.2) is 35.5 Å². The van der Waals surface area contributed by atoms with Gasteiger partial charge in [-0.1, -0.05) is 35.9 Å². The van der Waals surface area contributed by atoms with Crippen LogP contribution in [0.4, 0.5) is 4.79 Å². The predicted octanol–water partition coefficient (Wildman–Crippen LogP) is 3.96. The number of halogens is 2. The molecule has 1 atom stereocenters. The van der Waals surface area contributed by atoms with Crippen LogP contribution in [0.25, 0.3) is 0 Å². The molecule has 0 saturated carbocycles. The van der Waals surface area contributed by atoms with Gasteiger partial charge < -0.3 is 10.1 Å². The van der Waals surface area contributed by atoms with Crippen molar-refractivity contribution in [3.63, 3.8) is 0 Å². The first kappa shape index (κ1) is 18.3. The lowest BCUT2D eigenvalue weighted by Gasteiger charge is -2.32. The lowest BCUT2D eigenvalue weighted by molar-refractivity contribution is -0.132. The van der Waals surface area contributed by atoms with Crippen LogP contribution in [0, 0.1) is 0 Å². The molecule has 7 heteroatoms. The van der Waals surface area contributed by atoms with Crippen LogP contribution in [0.1, 0.15) is 17.5 Å². The van der Waals surface area contributed by atoms with E-state index in [1.165, 1.54) is 10.5 Å². The number of hydrogen-bond acceptors (Lipinski definition) is 3. The van der Waals surface area contributed by atoms with Crippen molar-refractivity contribution in [2.45, 2.75) is 24.8 Å². The molecule has 1 aliphatic heterocycles. The zero-order valence-corrected chi connectivity index (χ0v) is 16.8. The van der Waals surface area contributed by atoms with E-state index in [1.54, 1.807) is 18.2 Å². The van der Waals surface area contributed by atoms with Gasteiger partial charge in [0.25, 0.3) is 5.91 Å². The van der Waals surface area contributed by atoms with Gasteiger partial charge in [0.1, 0.15) is 17.9 Å². The number of urea groups is 1. The van der Waals surface area contributed by atoms with Crippen LogP contribution in [0.2, 0.25) is 5.02 Å². The van der Waals surface area contributed by atoms with E-state index in [9.17, 15) is 9.59 Å². The van der Waals surface area contributed by atoms with Gasteiger partial charge >= 0.3 is 6.03 Å². The van der Waals surface area contributed by atoms with Crippen molar-refractivity contribution in [2.24, 2.45) is 0 Å². The number of nitrogens with zero attached hydrogens (tertiary/aromatic N) is 1.